The second-order valence-corrected chi connectivity index (χ2v) is 8.57. The summed E-state index contributed by atoms with van der Waals surface area (Å²) < 4.78 is 22.8. The molecule has 15 heteroatoms. The van der Waals surface area contributed by atoms with Crippen molar-refractivity contribution in [3.63, 3.8) is 0 Å². The molecule has 0 radical (unpaired) electrons. The maximum atomic E-state index is 12.6. The highest BCUT2D eigenvalue weighted by Crippen LogP contribution is 2.37. The van der Waals surface area contributed by atoms with E-state index in [0.29, 0.717) is 11.2 Å². The van der Waals surface area contributed by atoms with Crippen LogP contribution in [0.25, 0.3) is 10.9 Å². The van der Waals surface area contributed by atoms with Gasteiger partial charge in [0.05, 0.1) is 21.0 Å². The van der Waals surface area contributed by atoms with E-state index in [9.17, 15) is 28.4 Å². The van der Waals surface area contributed by atoms with Gasteiger partial charge in [0.25, 0.3) is 11.6 Å². The summed E-state index contributed by atoms with van der Waals surface area (Å²) in [6.45, 7) is 0. The second kappa shape index (κ2) is 8.05. The number of hydrazone groups is 1. The van der Waals surface area contributed by atoms with Gasteiger partial charge in [0.1, 0.15) is 12.1 Å². The fourth-order valence-electron chi connectivity index (χ4n) is 3.23. The van der Waals surface area contributed by atoms with Crippen LogP contribution >= 0.6 is 0 Å². The van der Waals surface area contributed by atoms with Gasteiger partial charge in [-0.3, -0.25) is 14.9 Å². The zero-order chi connectivity index (χ0) is 23.9. The van der Waals surface area contributed by atoms with Gasteiger partial charge in [0.2, 0.25) is 15.9 Å². The van der Waals surface area contributed by atoms with E-state index in [0.717, 1.165) is 0 Å². The van der Waals surface area contributed by atoms with Crippen LogP contribution in [0.15, 0.2) is 62.7 Å². The summed E-state index contributed by atoms with van der Waals surface area (Å²) in [5.41, 5.74) is 6.53. The van der Waals surface area contributed by atoms with Gasteiger partial charge >= 0.3 is 0 Å². The minimum Gasteiger partial charge on any atom is -0.493 e. The lowest BCUT2D eigenvalue weighted by atomic mass is 10.1. The quantitative estimate of drug-likeness (QED) is 0.241. The number of non-ortho nitro benzene ring substituents is 1. The zero-order valence-corrected chi connectivity index (χ0v) is 17.4. The maximum absolute atomic E-state index is 12.6. The molecule has 33 heavy (non-hydrogen) atoms. The van der Waals surface area contributed by atoms with E-state index in [4.69, 9.17) is 10.9 Å². The van der Waals surface area contributed by atoms with E-state index in [2.05, 4.69) is 20.3 Å². The van der Waals surface area contributed by atoms with Crippen LogP contribution in [0.2, 0.25) is 0 Å². The Bertz CT molecular complexity index is 1430. The van der Waals surface area contributed by atoms with Crippen molar-refractivity contribution >= 4 is 50.1 Å². The first-order chi connectivity index (χ1) is 15.6. The number of fused-ring (bicyclic) bond motifs is 1. The maximum Gasteiger partial charge on any atom is 0.276 e. The van der Waals surface area contributed by atoms with Gasteiger partial charge in [0.15, 0.2) is 5.69 Å². The first-order valence-corrected chi connectivity index (χ1v) is 10.8. The molecule has 0 saturated carbocycles. The minimum atomic E-state index is -3.87. The average Bonchev–Trinajstić information content (AvgIpc) is 3.30. The predicted molar refractivity (Wildman–Crippen MR) is 116 cm³/mol. The fourth-order valence-corrected chi connectivity index (χ4v) is 3.75. The van der Waals surface area contributed by atoms with Crippen molar-refractivity contribution in [1.82, 2.24) is 4.98 Å². The molecule has 0 bridgehead atoms. The molecule has 6 N–H and O–H groups in total. The second-order valence-electron chi connectivity index (χ2n) is 7.01. The lowest BCUT2D eigenvalue weighted by molar-refractivity contribution is -0.384. The Labute approximate surface area is 185 Å². The van der Waals surface area contributed by atoms with Crippen molar-refractivity contribution in [2.75, 3.05) is 5.01 Å². The number of hydrogen-bond donors (Lipinski definition) is 4. The number of hydrogen-bond acceptors (Lipinski definition) is 10. The molecule has 2 aromatic carbocycles. The van der Waals surface area contributed by atoms with E-state index in [1.54, 1.807) is 0 Å². The summed E-state index contributed by atoms with van der Waals surface area (Å²) in [5.74, 6) is -2.18. The number of azo groups is 1. The van der Waals surface area contributed by atoms with Gasteiger partial charge in [-0.25, -0.2) is 18.6 Å². The van der Waals surface area contributed by atoms with Gasteiger partial charge in [-0.05, 0) is 30.3 Å². The highest BCUT2D eigenvalue weighted by atomic mass is 32.2. The van der Waals surface area contributed by atoms with E-state index < -0.39 is 38.8 Å². The van der Waals surface area contributed by atoms with Crippen molar-refractivity contribution in [3.8, 4) is 5.88 Å². The van der Waals surface area contributed by atoms with Crippen LogP contribution in [0.4, 0.5) is 17.1 Å². The van der Waals surface area contributed by atoms with Crippen molar-refractivity contribution in [1.29, 1.82) is 0 Å². The topological polar surface area (TPSA) is 223 Å². The van der Waals surface area contributed by atoms with E-state index in [-0.39, 0.29) is 21.7 Å². The molecule has 1 aromatic heterocycles. The number of primary sulfonamides is 1. The molecule has 2 heterocycles. The molecule has 170 valence electrons. The smallest absolute Gasteiger partial charge is 0.276 e. The third-order valence-electron chi connectivity index (χ3n) is 4.91. The minimum absolute atomic E-state index is 0.0943. The van der Waals surface area contributed by atoms with E-state index in [1.807, 2.05) is 0 Å². The number of nitrogens with one attached hydrogen (secondary N) is 1. The van der Waals surface area contributed by atoms with Gasteiger partial charge in [-0.1, -0.05) is 0 Å². The lowest BCUT2D eigenvalue weighted by Gasteiger charge is -2.22. The Balaban J connectivity index is 1.54. The van der Waals surface area contributed by atoms with Crippen LogP contribution < -0.4 is 15.9 Å². The summed E-state index contributed by atoms with van der Waals surface area (Å²) >= 11 is 0. The van der Waals surface area contributed by atoms with Crippen molar-refractivity contribution in [3.05, 3.63) is 52.6 Å². The first kappa shape index (κ1) is 22.0. The summed E-state index contributed by atoms with van der Waals surface area (Å²) in [5, 5.41) is 39.1. The molecule has 0 fully saturated rings. The van der Waals surface area contributed by atoms with Gasteiger partial charge < -0.3 is 15.8 Å². The van der Waals surface area contributed by atoms with Crippen molar-refractivity contribution < 1.29 is 23.2 Å². The monoisotopic (exact) mass is 472 g/mol. The molecule has 14 nitrogen and oxygen atoms in total. The van der Waals surface area contributed by atoms with Crippen LogP contribution in [-0.4, -0.2) is 41.7 Å². The number of sulfonamides is 1. The zero-order valence-electron chi connectivity index (χ0n) is 16.6. The molecular weight excluding hydrogens is 456 g/mol. The first-order valence-electron chi connectivity index (χ1n) is 9.22. The summed E-state index contributed by atoms with van der Waals surface area (Å²) in [4.78, 5) is 25.5. The summed E-state index contributed by atoms with van der Waals surface area (Å²) in [6.07, 6.45) is 0.300. The van der Waals surface area contributed by atoms with Gasteiger partial charge in [0, 0.05) is 23.7 Å². The molecule has 3 aromatic rings. The predicted octanol–water partition coefficient (Wildman–Crippen LogP) is 1.45. The Morgan fingerprint density at radius 3 is 2.58 bits per heavy atom. The number of amides is 1. The molecular formula is C18H16N8O6S. The number of nitro benzene ring substituents is 1. The number of H-pyrrole nitrogens is 1. The van der Waals surface area contributed by atoms with Crippen LogP contribution in [0.5, 0.6) is 5.88 Å². The SMILES string of the molecule is NC1C(C(=O)N=Nc2c(O)[nH]c3ccc([N+](=O)[O-])cc23)C=NN1c1ccc(S(N)(=O)=O)cc1. The Morgan fingerprint density at radius 1 is 1.24 bits per heavy atom. The molecule has 2 atom stereocenters. The number of nitro groups is 1. The van der Waals surface area contributed by atoms with Crippen LogP contribution in [0.1, 0.15) is 0 Å². The highest BCUT2D eigenvalue weighted by molar-refractivity contribution is 7.89. The summed E-state index contributed by atoms with van der Waals surface area (Å²) in [7, 11) is -3.87. The number of aromatic hydroxyl groups is 1. The third-order valence-corrected chi connectivity index (χ3v) is 5.84. The molecule has 2 unspecified atom stereocenters. The lowest BCUT2D eigenvalue weighted by Crippen LogP contribution is -2.43. The molecule has 4 rings (SSSR count). The Kier molecular flexibility index (Phi) is 5.36. The van der Waals surface area contributed by atoms with Crippen LogP contribution in [0.3, 0.4) is 0 Å². The molecule has 0 saturated heterocycles. The molecule has 0 aliphatic carbocycles. The van der Waals surface area contributed by atoms with Gasteiger partial charge in [-0.2, -0.15) is 5.10 Å². The molecule has 0 spiro atoms. The molecule has 1 amide bonds. The number of rotatable bonds is 5. The Morgan fingerprint density at radius 2 is 1.94 bits per heavy atom. The number of carbonyl (C=O) groups excluding carboxylic acids is 1. The number of aromatic nitrogens is 1. The van der Waals surface area contributed by atoms with Crippen molar-refractivity contribution in [2.24, 2.45) is 32.1 Å². The average molecular weight is 472 g/mol. The van der Waals surface area contributed by atoms with E-state index in [1.165, 1.54) is 53.7 Å². The molecule has 1 aliphatic heterocycles. The largest absolute Gasteiger partial charge is 0.493 e. The number of carbonyl (C=O) groups is 1. The number of nitrogens with zero attached hydrogens (tertiary/aromatic N) is 5. The standard InChI is InChI=1S/C18H16N8O6S/c19-16-13(8-21-25(16)9-1-4-11(5-2-9)33(20,31)32)17(27)24-23-15-12-7-10(26(29)30)3-6-14(12)22-18(15)28/h1-8,13,16,22,28H,19H2,(H2,20,31,32). The molecule has 1 aliphatic rings. The summed E-state index contributed by atoms with van der Waals surface area (Å²) in [6, 6.07) is 9.26. The highest BCUT2D eigenvalue weighted by Gasteiger charge is 2.34. The Hall–Kier alpha value is -4.21. The van der Waals surface area contributed by atoms with Crippen molar-refractivity contribution in [2.45, 2.75) is 11.1 Å². The van der Waals surface area contributed by atoms with Crippen LogP contribution in [0, 0.1) is 16.0 Å². The number of anilines is 1. The number of aromatic amines is 1. The number of nitrogens with two attached hydrogens (primary N) is 2. The fraction of sp³-hybridized carbons (Fsp3) is 0.111. The normalized spacial score (nSPS) is 18.4. The number of benzene rings is 2. The van der Waals surface area contributed by atoms with Crippen LogP contribution in [-0.2, 0) is 14.8 Å². The van der Waals surface area contributed by atoms with Gasteiger partial charge in [-0.15, -0.1) is 10.2 Å². The third kappa shape index (κ3) is 4.14. The van der Waals surface area contributed by atoms with E-state index >= 15 is 0 Å².